The molecule has 2 aromatic carbocycles. The summed E-state index contributed by atoms with van der Waals surface area (Å²) < 4.78 is 37.7. The SMILES string of the molecule is CC(CC1CCCCC1Oc1ccc(C(C)(C)C)cc1)OS(=O)OC(C)CC1CCCCC1Oc1ccc(C(C)(C)C)cc1. The van der Waals surface area contributed by atoms with E-state index in [-0.39, 0.29) is 35.2 Å². The second kappa shape index (κ2) is 15.6. The maximum absolute atomic E-state index is 12.9. The van der Waals surface area contributed by atoms with Gasteiger partial charge in [0, 0.05) is 0 Å². The first-order valence-electron chi connectivity index (χ1n) is 17.1. The predicted octanol–water partition coefficient (Wildman–Crippen LogP) is 10.0. The Labute approximate surface area is 270 Å². The average molecular weight is 627 g/mol. The Bertz CT molecular complexity index is 1070. The van der Waals surface area contributed by atoms with E-state index in [1.165, 1.54) is 36.8 Å². The molecule has 6 atom stereocenters. The first-order valence-corrected chi connectivity index (χ1v) is 18.1. The van der Waals surface area contributed by atoms with Gasteiger partial charge >= 0.3 is 11.4 Å². The number of ether oxygens (including phenoxy) is 2. The van der Waals surface area contributed by atoms with Gasteiger partial charge in [-0.25, -0.2) is 0 Å². The maximum atomic E-state index is 12.9. The number of hydrogen-bond acceptors (Lipinski definition) is 5. The number of hydrogen-bond donors (Lipinski definition) is 0. The summed E-state index contributed by atoms with van der Waals surface area (Å²) in [5, 5.41) is 0. The van der Waals surface area contributed by atoms with Crippen molar-refractivity contribution in [2.24, 2.45) is 11.8 Å². The third-order valence-corrected chi connectivity index (χ3v) is 10.4. The van der Waals surface area contributed by atoms with Crippen LogP contribution in [0.3, 0.4) is 0 Å². The molecular formula is C38H58O5S. The predicted molar refractivity (Wildman–Crippen MR) is 182 cm³/mol. The molecule has 2 fully saturated rings. The lowest BCUT2D eigenvalue weighted by molar-refractivity contribution is 0.0494. The van der Waals surface area contributed by atoms with Crippen LogP contribution in [0.5, 0.6) is 11.5 Å². The van der Waals surface area contributed by atoms with Gasteiger partial charge in [-0.15, -0.1) is 0 Å². The standard InChI is InChI=1S/C38H58O5S/c1-27(25-29-13-9-11-15-35(29)40-33-21-17-31(18-22-33)37(3,4)5)42-44(39)43-28(2)26-30-14-10-12-16-36(30)41-34-23-19-32(20-24-34)38(6,7)8/h17-24,27-30,35-36H,9-16,25-26H2,1-8H3. The molecule has 2 aliphatic rings. The summed E-state index contributed by atoms with van der Waals surface area (Å²) >= 11 is -1.79. The highest BCUT2D eigenvalue weighted by Gasteiger charge is 2.31. The molecule has 2 aliphatic carbocycles. The average Bonchev–Trinajstić information content (AvgIpc) is 2.94. The molecule has 0 bridgehead atoms. The molecule has 5 nitrogen and oxygen atoms in total. The van der Waals surface area contributed by atoms with Crippen molar-refractivity contribution in [1.82, 2.24) is 0 Å². The molecule has 0 N–H and O–H groups in total. The fourth-order valence-electron chi connectivity index (χ4n) is 6.84. The number of rotatable bonds is 12. The molecule has 2 saturated carbocycles. The van der Waals surface area contributed by atoms with E-state index in [0.29, 0.717) is 11.8 Å². The first-order chi connectivity index (χ1) is 20.8. The summed E-state index contributed by atoms with van der Waals surface area (Å²) in [7, 11) is 0. The van der Waals surface area contributed by atoms with Crippen LogP contribution in [0, 0.1) is 11.8 Å². The van der Waals surface area contributed by atoms with Crippen molar-refractivity contribution >= 4 is 11.4 Å². The zero-order valence-corrected chi connectivity index (χ0v) is 29.4. The van der Waals surface area contributed by atoms with Gasteiger partial charge in [0.05, 0.1) is 12.2 Å². The zero-order valence-electron chi connectivity index (χ0n) is 28.6. The quantitative estimate of drug-likeness (QED) is 0.235. The van der Waals surface area contributed by atoms with Crippen molar-refractivity contribution < 1.29 is 22.0 Å². The van der Waals surface area contributed by atoms with Crippen molar-refractivity contribution in [3.8, 4) is 11.5 Å². The summed E-state index contributed by atoms with van der Waals surface area (Å²) in [5.74, 6) is 2.59. The van der Waals surface area contributed by atoms with Crippen molar-refractivity contribution in [2.75, 3.05) is 0 Å². The Morgan fingerprint density at radius 1 is 0.614 bits per heavy atom. The van der Waals surface area contributed by atoms with Crippen LogP contribution in [0.25, 0.3) is 0 Å². The molecule has 246 valence electrons. The van der Waals surface area contributed by atoms with Crippen LogP contribution in [0.4, 0.5) is 0 Å². The van der Waals surface area contributed by atoms with E-state index in [0.717, 1.165) is 50.0 Å². The van der Waals surface area contributed by atoms with E-state index in [1.807, 2.05) is 13.8 Å². The van der Waals surface area contributed by atoms with E-state index >= 15 is 0 Å². The number of benzene rings is 2. The Morgan fingerprint density at radius 3 is 1.30 bits per heavy atom. The minimum absolute atomic E-state index is 0.124. The van der Waals surface area contributed by atoms with E-state index in [2.05, 4.69) is 90.1 Å². The molecule has 4 rings (SSSR count). The molecule has 0 aromatic heterocycles. The van der Waals surface area contributed by atoms with Gasteiger partial charge in [-0.05, 0) is 123 Å². The summed E-state index contributed by atoms with van der Waals surface area (Å²) in [6.45, 7) is 17.4. The smallest absolute Gasteiger partial charge is 0.305 e. The summed E-state index contributed by atoms with van der Waals surface area (Å²) in [6.07, 6.45) is 10.6. The van der Waals surface area contributed by atoms with Crippen LogP contribution >= 0.6 is 0 Å². The molecule has 0 aliphatic heterocycles. The Balaban J connectivity index is 1.24. The van der Waals surface area contributed by atoms with E-state index in [4.69, 9.17) is 17.8 Å². The lowest BCUT2D eigenvalue weighted by Gasteiger charge is -2.34. The van der Waals surface area contributed by atoms with E-state index < -0.39 is 11.4 Å². The van der Waals surface area contributed by atoms with Crippen molar-refractivity contribution in [1.29, 1.82) is 0 Å². The van der Waals surface area contributed by atoms with Crippen LogP contribution in [-0.4, -0.2) is 28.6 Å². The van der Waals surface area contributed by atoms with Crippen molar-refractivity contribution in [3.05, 3.63) is 59.7 Å². The molecule has 0 saturated heterocycles. The van der Waals surface area contributed by atoms with Crippen molar-refractivity contribution in [3.63, 3.8) is 0 Å². The summed E-state index contributed by atoms with van der Waals surface area (Å²) in [4.78, 5) is 0. The monoisotopic (exact) mass is 626 g/mol. The van der Waals surface area contributed by atoms with Gasteiger partial charge in [0.1, 0.15) is 23.7 Å². The lowest BCUT2D eigenvalue weighted by atomic mass is 9.83. The molecule has 2 aromatic rings. The van der Waals surface area contributed by atoms with Crippen LogP contribution in [0.15, 0.2) is 48.5 Å². The zero-order chi connectivity index (χ0) is 31.9. The van der Waals surface area contributed by atoms with E-state index in [1.54, 1.807) is 0 Å². The molecule has 6 heteroatoms. The molecule has 6 unspecified atom stereocenters. The minimum Gasteiger partial charge on any atom is -0.490 e. The highest BCUT2D eigenvalue weighted by Crippen LogP contribution is 2.35. The van der Waals surface area contributed by atoms with Gasteiger partial charge < -0.3 is 9.47 Å². The van der Waals surface area contributed by atoms with Gasteiger partial charge in [-0.2, -0.15) is 4.21 Å². The largest absolute Gasteiger partial charge is 0.490 e. The minimum atomic E-state index is -1.79. The Hall–Kier alpha value is -1.89. The highest BCUT2D eigenvalue weighted by atomic mass is 32.2. The van der Waals surface area contributed by atoms with Gasteiger partial charge in [-0.3, -0.25) is 8.37 Å². The van der Waals surface area contributed by atoms with Crippen molar-refractivity contribution in [2.45, 2.75) is 155 Å². The highest BCUT2D eigenvalue weighted by molar-refractivity contribution is 7.75. The maximum Gasteiger partial charge on any atom is 0.305 e. The molecule has 0 spiro atoms. The fourth-order valence-corrected chi connectivity index (χ4v) is 7.57. The molecule has 44 heavy (non-hydrogen) atoms. The van der Waals surface area contributed by atoms with Gasteiger partial charge in [0.25, 0.3) is 0 Å². The lowest BCUT2D eigenvalue weighted by Crippen LogP contribution is -2.34. The molecule has 0 amide bonds. The summed E-state index contributed by atoms with van der Waals surface area (Å²) in [5.41, 5.74) is 2.86. The third-order valence-electron chi connectivity index (χ3n) is 9.45. The second-order valence-electron chi connectivity index (χ2n) is 15.4. The molecule has 0 radical (unpaired) electrons. The third kappa shape index (κ3) is 10.6. The fraction of sp³-hybridized carbons (Fsp3) is 0.684. The van der Waals surface area contributed by atoms with Crippen LogP contribution in [0.1, 0.15) is 131 Å². The molecular weight excluding hydrogens is 568 g/mol. The van der Waals surface area contributed by atoms with Crippen LogP contribution < -0.4 is 9.47 Å². The summed E-state index contributed by atoms with van der Waals surface area (Å²) in [6, 6.07) is 17.1. The normalized spacial score (nSPS) is 25.2. The van der Waals surface area contributed by atoms with Gasteiger partial charge in [-0.1, -0.05) is 78.6 Å². The Kier molecular flexibility index (Phi) is 12.4. The molecule has 0 heterocycles. The van der Waals surface area contributed by atoms with Crippen LogP contribution in [0.2, 0.25) is 0 Å². The Morgan fingerprint density at radius 2 is 0.955 bits per heavy atom. The van der Waals surface area contributed by atoms with E-state index in [9.17, 15) is 4.21 Å². The van der Waals surface area contributed by atoms with Gasteiger partial charge in [0.15, 0.2) is 0 Å². The second-order valence-corrected chi connectivity index (χ2v) is 16.2. The van der Waals surface area contributed by atoms with Gasteiger partial charge in [0.2, 0.25) is 0 Å². The van der Waals surface area contributed by atoms with Crippen LogP contribution in [-0.2, 0) is 30.6 Å². The topological polar surface area (TPSA) is 54.0 Å². The first kappa shape index (κ1) is 35.0.